The summed E-state index contributed by atoms with van der Waals surface area (Å²) in [4.78, 5) is 26.0. The van der Waals surface area contributed by atoms with Crippen molar-refractivity contribution in [2.24, 2.45) is 0 Å². The second kappa shape index (κ2) is 16.4. The van der Waals surface area contributed by atoms with Crippen LogP contribution in [0.5, 0.6) is 0 Å². The summed E-state index contributed by atoms with van der Waals surface area (Å²) in [7, 11) is 0. The first-order chi connectivity index (χ1) is 29.7. The lowest BCUT2D eigenvalue weighted by molar-refractivity contribution is 1.07. The van der Waals surface area contributed by atoms with E-state index in [0.29, 0.717) is 17.5 Å². The number of rotatable bonds is 9. The third-order valence-corrected chi connectivity index (χ3v) is 10.5. The molecule has 0 saturated carbocycles. The maximum Gasteiger partial charge on any atom is 0.164 e. The Bertz CT molecular complexity index is 2880. The average Bonchev–Trinajstić information content (AvgIpc) is 3.35. The van der Waals surface area contributed by atoms with Crippen LogP contribution in [0.25, 0.3) is 101 Å². The zero-order valence-corrected chi connectivity index (χ0v) is 32.6. The third-order valence-electron chi connectivity index (χ3n) is 10.5. The van der Waals surface area contributed by atoms with Crippen molar-refractivity contribution in [3.8, 4) is 101 Å². The molecule has 0 amide bonds. The quantitative estimate of drug-likeness (QED) is 0.146. The van der Waals surface area contributed by atoms with E-state index < -0.39 is 0 Å². The fraction of sp³-hybridized carbons (Fsp3) is 0. The van der Waals surface area contributed by atoms with E-state index in [1.165, 1.54) is 0 Å². The Morgan fingerprint density at radius 3 is 0.800 bits per heavy atom. The van der Waals surface area contributed by atoms with Gasteiger partial charge in [-0.2, -0.15) is 0 Å². The van der Waals surface area contributed by atoms with E-state index in [0.717, 1.165) is 84.0 Å². The lowest BCUT2D eigenvalue weighted by atomic mass is 9.96. The average molecular weight is 768 g/mol. The molecule has 10 rings (SSSR count). The maximum absolute atomic E-state index is 5.31. The monoisotopic (exact) mass is 767 g/mol. The molecular weight excluding hydrogens is 731 g/mol. The highest BCUT2D eigenvalue weighted by Crippen LogP contribution is 2.36. The van der Waals surface area contributed by atoms with Crippen molar-refractivity contribution in [3.05, 3.63) is 224 Å². The Kier molecular flexibility index (Phi) is 9.88. The van der Waals surface area contributed by atoms with Gasteiger partial charge in [0.05, 0.1) is 22.8 Å². The standard InChI is InChI=1S/C55H37N5/c1-6-18-38(19-7-1)43-32-45(51-30-16-28-49(56-51)40-22-10-3-11-23-40)36-47(34-43)54-58-53(42-26-14-5-15-27-42)59-55(60-54)48-35-44(39-20-8-2-9-21-39)33-46(37-48)52-31-17-29-50(57-52)41-24-12-4-13-25-41/h1-37H. The molecule has 0 spiro atoms. The highest BCUT2D eigenvalue weighted by Gasteiger charge is 2.18. The lowest BCUT2D eigenvalue weighted by Crippen LogP contribution is -2.01. The molecule has 0 bridgehead atoms. The van der Waals surface area contributed by atoms with Crippen molar-refractivity contribution >= 4 is 0 Å². The van der Waals surface area contributed by atoms with E-state index in [4.69, 9.17) is 24.9 Å². The first kappa shape index (κ1) is 36.2. The van der Waals surface area contributed by atoms with Crippen LogP contribution in [0.4, 0.5) is 0 Å². The van der Waals surface area contributed by atoms with E-state index in [-0.39, 0.29) is 0 Å². The van der Waals surface area contributed by atoms with Gasteiger partial charge in [0.1, 0.15) is 0 Å². The predicted octanol–water partition coefficient (Wildman–Crippen LogP) is 13.7. The number of nitrogens with zero attached hydrogens (tertiary/aromatic N) is 5. The molecule has 3 aromatic heterocycles. The zero-order valence-electron chi connectivity index (χ0n) is 32.6. The van der Waals surface area contributed by atoms with E-state index in [9.17, 15) is 0 Å². The minimum Gasteiger partial charge on any atom is -0.248 e. The third kappa shape index (κ3) is 7.76. The summed E-state index contributed by atoms with van der Waals surface area (Å²) in [5.74, 6) is 1.71. The minimum absolute atomic E-state index is 0.563. The van der Waals surface area contributed by atoms with Crippen LogP contribution in [0.2, 0.25) is 0 Å². The Balaban J connectivity index is 1.17. The van der Waals surface area contributed by atoms with Crippen molar-refractivity contribution in [3.63, 3.8) is 0 Å². The van der Waals surface area contributed by atoms with Crippen LogP contribution >= 0.6 is 0 Å². The molecule has 10 aromatic rings. The molecule has 60 heavy (non-hydrogen) atoms. The molecule has 3 heterocycles. The SMILES string of the molecule is c1ccc(-c2cc(-c3cccc(-c4ccccc4)n3)cc(-c3nc(-c4ccccc4)nc(-c4cc(-c5ccccc5)cc(-c5cccc(-c6ccccc6)n5)c4)n3)c2)cc1. The van der Waals surface area contributed by atoms with Crippen LogP contribution in [0.1, 0.15) is 0 Å². The molecule has 0 atom stereocenters. The van der Waals surface area contributed by atoms with Crippen LogP contribution in [-0.4, -0.2) is 24.9 Å². The second-order valence-electron chi connectivity index (χ2n) is 14.6. The molecule has 0 radical (unpaired) electrons. The van der Waals surface area contributed by atoms with Crippen molar-refractivity contribution in [1.29, 1.82) is 0 Å². The number of hydrogen-bond acceptors (Lipinski definition) is 5. The summed E-state index contributed by atoms with van der Waals surface area (Å²) in [5.41, 5.74) is 14.4. The molecule has 0 aliphatic carbocycles. The van der Waals surface area contributed by atoms with Crippen molar-refractivity contribution < 1.29 is 0 Å². The second-order valence-corrected chi connectivity index (χ2v) is 14.6. The molecule has 7 aromatic carbocycles. The van der Waals surface area contributed by atoms with Gasteiger partial charge in [0.2, 0.25) is 0 Å². The van der Waals surface area contributed by atoms with E-state index in [1.54, 1.807) is 0 Å². The Morgan fingerprint density at radius 2 is 0.433 bits per heavy atom. The number of hydrogen-bond donors (Lipinski definition) is 0. The van der Waals surface area contributed by atoms with Gasteiger partial charge in [-0.05, 0) is 82.9 Å². The minimum atomic E-state index is 0.563. The normalized spacial score (nSPS) is 11.0. The van der Waals surface area contributed by atoms with Crippen molar-refractivity contribution in [2.75, 3.05) is 0 Å². The predicted molar refractivity (Wildman–Crippen MR) is 244 cm³/mol. The van der Waals surface area contributed by atoms with Gasteiger partial charge in [0.25, 0.3) is 0 Å². The number of benzene rings is 7. The van der Waals surface area contributed by atoms with Crippen molar-refractivity contribution in [2.45, 2.75) is 0 Å². The van der Waals surface area contributed by atoms with Gasteiger partial charge in [0, 0.05) is 38.9 Å². The van der Waals surface area contributed by atoms with Crippen molar-refractivity contribution in [1.82, 2.24) is 24.9 Å². The maximum atomic E-state index is 5.31. The molecular formula is C55H37N5. The van der Waals surface area contributed by atoms with Crippen LogP contribution in [0.3, 0.4) is 0 Å². The molecule has 0 N–H and O–H groups in total. The first-order valence-electron chi connectivity index (χ1n) is 20.0. The fourth-order valence-electron chi connectivity index (χ4n) is 7.48. The Hall–Kier alpha value is -8.15. The molecule has 5 heteroatoms. The van der Waals surface area contributed by atoms with Crippen LogP contribution in [0.15, 0.2) is 224 Å². The van der Waals surface area contributed by atoms with Crippen LogP contribution in [-0.2, 0) is 0 Å². The molecule has 282 valence electrons. The first-order valence-corrected chi connectivity index (χ1v) is 20.0. The zero-order chi connectivity index (χ0) is 40.1. The summed E-state index contributed by atoms with van der Waals surface area (Å²) < 4.78 is 0. The summed E-state index contributed by atoms with van der Waals surface area (Å²) in [6, 6.07) is 76.9. The van der Waals surface area contributed by atoms with Gasteiger partial charge in [-0.3, -0.25) is 0 Å². The molecule has 0 saturated heterocycles. The highest BCUT2D eigenvalue weighted by atomic mass is 15.0. The highest BCUT2D eigenvalue weighted by molar-refractivity contribution is 5.82. The molecule has 5 nitrogen and oxygen atoms in total. The van der Waals surface area contributed by atoms with Gasteiger partial charge in [-0.1, -0.05) is 164 Å². The number of pyridine rings is 2. The molecule has 0 aliphatic rings. The van der Waals surface area contributed by atoms with Gasteiger partial charge in [-0.15, -0.1) is 0 Å². The van der Waals surface area contributed by atoms with Gasteiger partial charge < -0.3 is 0 Å². The topological polar surface area (TPSA) is 64.5 Å². The summed E-state index contributed by atoms with van der Waals surface area (Å²) in [6.45, 7) is 0. The van der Waals surface area contributed by atoms with E-state index in [2.05, 4.69) is 146 Å². The Labute approximate surface area is 349 Å². The van der Waals surface area contributed by atoms with Gasteiger partial charge >= 0.3 is 0 Å². The Morgan fingerprint density at radius 1 is 0.167 bits per heavy atom. The smallest absolute Gasteiger partial charge is 0.164 e. The number of aromatic nitrogens is 5. The van der Waals surface area contributed by atoms with Crippen LogP contribution in [0, 0.1) is 0 Å². The molecule has 0 unspecified atom stereocenters. The summed E-state index contributed by atoms with van der Waals surface area (Å²) in [6.07, 6.45) is 0. The van der Waals surface area contributed by atoms with Gasteiger partial charge in [0.15, 0.2) is 17.5 Å². The summed E-state index contributed by atoms with van der Waals surface area (Å²) in [5, 5.41) is 0. The fourth-order valence-corrected chi connectivity index (χ4v) is 7.48. The lowest BCUT2D eigenvalue weighted by Gasteiger charge is -2.14. The van der Waals surface area contributed by atoms with E-state index in [1.807, 2.05) is 78.9 Å². The van der Waals surface area contributed by atoms with E-state index >= 15 is 0 Å². The largest absolute Gasteiger partial charge is 0.248 e. The molecule has 0 fully saturated rings. The van der Waals surface area contributed by atoms with Gasteiger partial charge in [-0.25, -0.2) is 24.9 Å². The summed E-state index contributed by atoms with van der Waals surface area (Å²) >= 11 is 0. The molecule has 0 aliphatic heterocycles. The van der Waals surface area contributed by atoms with Crippen LogP contribution < -0.4 is 0 Å².